The van der Waals surface area contributed by atoms with Gasteiger partial charge in [0.2, 0.25) is 0 Å². The molecule has 0 N–H and O–H groups in total. The number of hydrogen-bond donors (Lipinski definition) is 0. The van der Waals surface area contributed by atoms with Crippen LogP contribution in [0.3, 0.4) is 0 Å². The number of ether oxygens (including phenoxy) is 1. The van der Waals surface area contributed by atoms with Gasteiger partial charge in [0, 0.05) is 31.2 Å². The quantitative estimate of drug-likeness (QED) is 0.541. The monoisotopic (exact) mass is 508 g/mol. The van der Waals surface area contributed by atoms with Gasteiger partial charge in [0.15, 0.2) is 5.69 Å². The molecular weight excluding hydrogens is 468 g/mol. The number of fused-ring (bicyclic) bond motifs is 3. The van der Waals surface area contributed by atoms with Crippen LogP contribution in [0.25, 0.3) is 11.0 Å². The molecule has 2 bridgehead atoms. The van der Waals surface area contributed by atoms with Gasteiger partial charge in [0.1, 0.15) is 6.54 Å². The van der Waals surface area contributed by atoms with Crippen molar-refractivity contribution in [2.75, 3.05) is 20.2 Å². The van der Waals surface area contributed by atoms with Crippen molar-refractivity contribution >= 4 is 22.9 Å². The number of para-hydroxylation sites is 2. The highest BCUT2D eigenvalue weighted by atomic mass is 16.5. The lowest BCUT2D eigenvalue weighted by molar-refractivity contribution is -0.143. The summed E-state index contributed by atoms with van der Waals surface area (Å²) in [6, 6.07) is 9.25. The van der Waals surface area contributed by atoms with Gasteiger partial charge in [-0.2, -0.15) is 0 Å². The molecule has 0 spiro atoms. The Morgan fingerprint density at radius 3 is 2.27 bits per heavy atom. The molecule has 200 valence electrons. The summed E-state index contributed by atoms with van der Waals surface area (Å²) in [6.07, 6.45) is 13.5. The van der Waals surface area contributed by atoms with Crippen LogP contribution < -0.4 is 5.56 Å². The van der Waals surface area contributed by atoms with Crippen LogP contribution in [0.2, 0.25) is 0 Å². The third-order valence-electron chi connectivity index (χ3n) is 8.64. The van der Waals surface area contributed by atoms with Crippen LogP contribution in [0.4, 0.5) is 0 Å². The van der Waals surface area contributed by atoms with Crippen molar-refractivity contribution in [3.05, 3.63) is 40.3 Å². The first-order valence-corrected chi connectivity index (χ1v) is 14.2. The van der Waals surface area contributed by atoms with Gasteiger partial charge in [-0.3, -0.25) is 19.3 Å². The molecule has 2 aromatic rings. The third-order valence-corrected chi connectivity index (χ3v) is 8.64. The van der Waals surface area contributed by atoms with E-state index in [2.05, 4.69) is 9.88 Å². The molecule has 1 aromatic heterocycles. The summed E-state index contributed by atoms with van der Waals surface area (Å²) in [5, 5.41) is 0. The van der Waals surface area contributed by atoms with E-state index in [9.17, 15) is 14.4 Å². The fourth-order valence-corrected chi connectivity index (χ4v) is 7.03. The number of hydrogen-bond acceptors (Lipinski definition) is 6. The Balaban J connectivity index is 1.44. The van der Waals surface area contributed by atoms with Crippen LogP contribution in [0, 0.1) is 0 Å². The number of rotatable bonds is 6. The van der Waals surface area contributed by atoms with Crippen molar-refractivity contribution in [3.8, 4) is 0 Å². The number of aromatic nitrogens is 2. The Kier molecular flexibility index (Phi) is 7.93. The minimum absolute atomic E-state index is 0.0321. The van der Waals surface area contributed by atoms with Crippen molar-refractivity contribution in [1.82, 2.24) is 19.4 Å². The highest BCUT2D eigenvalue weighted by Gasteiger charge is 2.44. The average Bonchev–Trinajstić information content (AvgIpc) is 3.12. The van der Waals surface area contributed by atoms with E-state index in [0.29, 0.717) is 23.6 Å². The zero-order chi connectivity index (χ0) is 25.9. The molecule has 5 rings (SSSR count). The number of carbonyl (C=O) groups excluding carboxylic acids is 2. The van der Waals surface area contributed by atoms with Gasteiger partial charge in [0.05, 0.1) is 17.6 Å². The minimum Gasteiger partial charge on any atom is -0.465 e. The van der Waals surface area contributed by atoms with Gasteiger partial charge >= 0.3 is 5.97 Å². The molecule has 0 radical (unpaired) electrons. The first kappa shape index (κ1) is 25.9. The van der Waals surface area contributed by atoms with E-state index in [0.717, 1.165) is 18.4 Å². The molecule has 1 unspecified atom stereocenters. The number of nitrogens with zero attached hydrogens (tertiary/aromatic N) is 4. The Hall–Kier alpha value is -2.74. The van der Waals surface area contributed by atoms with Crippen LogP contribution in [0.5, 0.6) is 0 Å². The topological polar surface area (TPSA) is 84.7 Å². The van der Waals surface area contributed by atoms with E-state index in [1.54, 1.807) is 6.92 Å². The number of carbonyl (C=O) groups is 2. The maximum absolute atomic E-state index is 13.9. The second-order valence-electron chi connectivity index (χ2n) is 11.0. The van der Waals surface area contributed by atoms with E-state index in [4.69, 9.17) is 4.74 Å². The van der Waals surface area contributed by atoms with Crippen molar-refractivity contribution in [2.24, 2.45) is 0 Å². The van der Waals surface area contributed by atoms with Crippen LogP contribution in [-0.4, -0.2) is 69.6 Å². The van der Waals surface area contributed by atoms with Gasteiger partial charge in [-0.25, -0.2) is 4.98 Å². The number of benzene rings is 1. The summed E-state index contributed by atoms with van der Waals surface area (Å²) in [5.41, 5.74) is 0.925. The number of esters is 1. The zero-order valence-electron chi connectivity index (χ0n) is 22.2. The van der Waals surface area contributed by atoms with Crippen LogP contribution >= 0.6 is 0 Å². The molecule has 3 heterocycles. The fraction of sp³-hybridized carbons (Fsp3) is 0.655. The van der Waals surface area contributed by atoms with Crippen LogP contribution in [0.15, 0.2) is 29.1 Å². The molecule has 2 aliphatic heterocycles. The standard InChI is InChI=1S/C29H40N4O4/c1-3-37-26(34)19-31(2)28(35)27-29(36)33(25-14-10-9-13-24(25)30-27)23-17-21-15-16-22(18-23)32(21)20-11-7-5-4-6-8-12-20/h9-10,13-14,20-23H,3-8,11-12,15-19H2,1-2H3/t21-,22+,23?. The Labute approximate surface area is 219 Å². The summed E-state index contributed by atoms with van der Waals surface area (Å²) < 4.78 is 6.82. The first-order valence-electron chi connectivity index (χ1n) is 14.2. The summed E-state index contributed by atoms with van der Waals surface area (Å²) in [4.78, 5) is 47.6. The lowest BCUT2D eigenvalue weighted by Gasteiger charge is -2.45. The Morgan fingerprint density at radius 2 is 1.59 bits per heavy atom. The van der Waals surface area contributed by atoms with Gasteiger partial charge in [0.25, 0.3) is 11.5 Å². The zero-order valence-corrected chi connectivity index (χ0v) is 22.2. The number of piperidine rings is 1. The van der Waals surface area contributed by atoms with Crippen molar-refractivity contribution in [2.45, 2.75) is 102 Å². The molecule has 3 atom stereocenters. The first-order chi connectivity index (χ1) is 18.0. The Morgan fingerprint density at radius 1 is 0.946 bits per heavy atom. The highest BCUT2D eigenvalue weighted by molar-refractivity contribution is 5.95. The van der Waals surface area contributed by atoms with E-state index in [1.165, 1.54) is 69.7 Å². The van der Waals surface area contributed by atoms with Crippen LogP contribution in [0.1, 0.15) is 94.1 Å². The van der Waals surface area contributed by atoms with E-state index in [-0.39, 0.29) is 30.4 Å². The van der Waals surface area contributed by atoms with Crippen LogP contribution in [-0.2, 0) is 9.53 Å². The summed E-state index contributed by atoms with van der Waals surface area (Å²) in [7, 11) is 1.51. The minimum atomic E-state index is -0.549. The average molecular weight is 509 g/mol. The largest absolute Gasteiger partial charge is 0.465 e. The molecule has 8 heteroatoms. The number of likely N-dealkylation sites (N-methyl/N-ethyl adjacent to an activating group) is 1. The van der Waals surface area contributed by atoms with Crippen molar-refractivity contribution in [3.63, 3.8) is 0 Å². The lowest BCUT2D eigenvalue weighted by Crippen LogP contribution is -2.50. The van der Waals surface area contributed by atoms with Crippen molar-refractivity contribution < 1.29 is 14.3 Å². The molecule has 1 aliphatic carbocycles. The smallest absolute Gasteiger partial charge is 0.325 e. The molecule has 37 heavy (non-hydrogen) atoms. The second kappa shape index (κ2) is 11.3. The molecule has 3 fully saturated rings. The molecule has 3 aliphatic rings. The summed E-state index contributed by atoms with van der Waals surface area (Å²) >= 11 is 0. The Bertz CT molecular complexity index is 1170. The number of amides is 1. The highest BCUT2D eigenvalue weighted by Crippen LogP contribution is 2.44. The van der Waals surface area contributed by atoms with Gasteiger partial charge in [-0.1, -0.05) is 44.2 Å². The normalized spacial score (nSPS) is 25.0. The third kappa shape index (κ3) is 5.31. The molecule has 1 amide bonds. The van der Waals surface area contributed by atoms with Crippen molar-refractivity contribution in [1.29, 1.82) is 0 Å². The molecule has 2 saturated heterocycles. The maximum atomic E-state index is 13.9. The predicted molar refractivity (Wildman–Crippen MR) is 143 cm³/mol. The summed E-state index contributed by atoms with van der Waals surface area (Å²) in [6.45, 7) is 1.74. The van der Waals surface area contributed by atoms with E-state index >= 15 is 0 Å². The van der Waals surface area contributed by atoms with E-state index in [1.807, 2.05) is 28.8 Å². The molecule has 8 nitrogen and oxygen atoms in total. The SMILES string of the molecule is CCOC(=O)CN(C)C(=O)c1nc2ccccc2n(C2C[C@H]3CC[C@@H](C2)N3C2CCCCCCC2)c1=O. The maximum Gasteiger partial charge on any atom is 0.325 e. The second-order valence-corrected chi connectivity index (χ2v) is 11.0. The van der Waals surface area contributed by atoms with Gasteiger partial charge in [-0.15, -0.1) is 0 Å². The van der Waals surface area contributed by atoms with Gasteiger partial charge < -0.3 is 14.2 Å². The molecule has 1 saturated carbocycles. The fourth-order valence-electron chi connectivity index (χ4n) is 7.03. The molecule has 1 aromatic carbocycles. The van der Waals surface area contributed by atoms with Gasteiger partial charge in [-0.05, 0) is 57.6 Å². The lowest BCUT2D eigenvalue weighted by atomic mass is 9.89. The predicted octanol–water partition coefficient (Wildman–Crippen LogP) is 4.31. The molecular formula is C29H40N4O4. The van der Waals surface area contributed by atoms with E-state index < -0.39 is 11.9 Å². The summed E-state index contributed by atoms with van der Waals surface area (Å²) in [5.74, 6) is -1.05.